The van der Waals surface area contributed by atoms with E-state index in [1.807, 2.05) is 42.5 Å². The Kier molecular flexibility index (Phi) is 5.21. The molecule has 0 aliphatic heterocycles. The van der Waals surface area contributed by atoms with Crippen LogP contribution in [0.5, 0.6) is 0 Å². The third kappa shape index (κ3) is 3.19. The number of benzene rings is 3. The Morgan fingerprint density at radius 3 is 2.19 bits per heavy atom. The van der Waals surface area contributed by atoms with Crippen LogP contribution in [0.2, 0.25) is 0 Å². The number of furan rings is 1. The van der Waals surface area contributed by atoms with Gasteiger partial charge in [-0.3, -0.25) is 0 Å². The molecule has 5 rings (SSSR count). The van der Waals surface area contributed by atoms with Gasteiger partial charge in [0.25, 0.3) is 0 Å². The highest BCUT2D eigenvalue weighted by Gasteiger charge is 2.23. The van der Waals surface area contributed by atoms with E-state index in [-0.39, 0.29) is 11.7 Å². The summed E-state index contributed by atoms with van der Waals surface area (Å²) in [6, 6.07) is 20.2. The van der Waals surface area contributed by atoms with Gasteiger partial charge < -0.3 is 4.42 Å². The zero-order valence-corrected chi connectivity index (χ0v) is 19.1. The zero-order valence-electron chi connectivity index (χ0n) is 19.1. The minimum absolute atomic E-state index is 0.0813. The van der Waals surface area contributed by atoms with Crippen molar-refractivity contribution in [3.63, 3.8) is 0 Å². The van der Waals surface area contributed by atoms with E-state index in [9.17, 15) is 0 Å². The topological polar surface area (TPSA) is 26.0 Å². The minimum atomic E-state index is -0.195. The van der Waals surface area contributed by atoms with Gasteiger partial charge >= 0.3 is 0 Å². The molecule has 0 saturated heterocycles. The standard InChI is InChI=1S/C29H28FNO/c1-5-18(6-2)27-26(30)21-12-7-8-13-22(21)28(31-27)24-16-19(17(3)4)15-23-20-11-9-10-14-25(20)32-29(23)24/h7-18H,5-6H2,1-4H3. The van der Waals surface area contributed by atoms with E-state index in [0.29, 0.717) is 17.0 Å². The van der Waals surface area contributed by atoms with Gasteiger partial charge in [-0.15, -0.1) is 0 Å². The van der Waals surface area contributed by atoms with Crippen LogP contribution in [-0.2, 0) is 0 Å². The molecule has 32 heavy (non-hydrogen) atoms. The van der Waals surface area contributed by atoms with Crippen molar-refractivity contribution in [2.45, 2.75) is 52.4 Å². The average Bonchev–Trinajstić information content (AvgIpc) is 3.19. The average molecular weight is 426 g/mol. The molecule has 0 aliphatic carbocycles. The Balaban J connectivity index is 1.93. The van der Waals surface area contributed by atoms with E-state index in [2.05, 4.69) is 45.9 Å². The number of nitrogens with zero attached hydrogens (tertiary/aromatic N) is 1. The Morgan fingerprint density at radius 2 is 1.50 bits per heavy atom. The fourth-order valence-corrected chi connectivity index (χ4v) is 4.76. The number of halogens is 1. The number of rotatable bonds is 5. The quantitative estimate of drug-likeness (QED) is 0.281. The number of aromatic nitrogens is 1. The fourth-order valence-electron chi connectivity index (χ4n) is 4.76. The molecule has 0 radical (unpaired) electrons. The van der Waals surface area contributed by atoms with Crippen molar-refractivity contribution in [2.24, 2.45) is 0 Å². The molecule has 0 amide bonds. The van der Waals surface area contributed by atoms with Gasteiger partial charge in [0, 0.05) is 33.0 Å². The van der Waals surface area contributed by atoms with E-state index >= 15 is 4.39 Å². The molecule has 0 atom stereocenters. The number of hydrogen-bond acceptors (Lipinski definition) is 2. The van der Waals surface area contributed by atoms with Crippen molar-refractivity contribution < 1.29 is 8.81 Å². The Hall–Kier alpha value is -3.20. The van der Waals surface area contributed by atoms with Crippen LogP contribution in [0.3, 0.4) is 0 Å². The summed E-state index contributed by atoms with van der Waals surface area (Å²) in [5.74, 6) is 0.230. The third-order valence-corrected chi connectivity index (χ3v) is 6.67. The summed E-state index contributed by atoms with van der Waals surface area (Å²) in [7, 11) is 0. The normalized spacial score (nSPS) is 12.1. The summed E-state index contributed by atoms with van der Waals surface area (Å²) in [6.45, 7) is 8.58. The molecule has 0 aliphatic rings. The van der Waals surface area contributed by atoms with Crippen LogP contribution < -0.4 is 0 Å². The molecule has 0 saturated carbocycles. The molecule has 5 aromatic rings. The first-order chi connectivity index (χ1) is 15.5. The third-order valence-electron chi connectivity index (χ3n) is 6.67. The maximum Gasteiger partial charge on any atom is 0.152 e. The Bertz CT molecular complexity index is 1440. The van der Waals surface area contributed by atoms with Gasteiger partial charge in [-0.2, -0.15) is 0 Å². The van der Waals surface area contributed by atoms with Crippen molar-refractivity contribution in [1.82, 2.24) is 4.98 Å². The van der Waals surface area contributed by atoms with Crippen LogP contribution in [-0.4, -0.2) is 4.98 Å². The molecule has 2 nitrogen and oxygen atoms in total. The van der Waals surface area contributed by atoms with Crippen molar-refractivity contribution in [3.8, 4) is 11.3 Å². The molecule has 3 aromatic carbocycles. The first-order valence-electron chi connectivity index (χ1n) is 11.6. The monoisotopic (exact) mass is 425 g/mol. The van der Waals surface area contributed by atoms with Gasteiger partial charge in [-0.1, -0.05) is 70.2 Å². The summed E-state index contributed by atoms with van der Waals surface area (Å²) in [5, 5.41) is 3.62. The van der Waals surface area contributed by atoms with E-state index in [0.717, 1.165) is 51.4 Å². The van der Waals surface area contributed by atoms with Crippen LogP contribution in [0.15, 0.2) is 65.1 Å². The molecular formula is C29H28FNO. The largest absolute Gasteiger partial charge is 0.455 e. The lowest BCUT2D eigenvalue weighted by Crippen LogP contribution is -2.06. The summed E-state index contributed by atoms with van der Waals surface area (Å²) >= 11 is 0. The fraction of sp³-hybridized carbons (Fsp3) is 0.276. The second kappa shape index (κ2) is 8.05. The molecule has 3 heteroatoms. The molecule has 0 unspecified atom stereocenters. The Morgan fingerprint density at radius 1 is 0.844 bits per heavy atom. The van der Waals surface area contributed by atoms with Gasteiger partial charge in [0.15, 0.2) is 5.82 Å². The van der Waals surface area contributed by atoms with E-state index in [1.54, 1.807) is 0 Å². The van der Waals surface area contributed by atoms with Crippen LogP contribution in [0, 0.1) is 5.82 Å². The van der Waals surface area contributed by atoms with Gasteiger partial charge in [0.05, 0.1) is 11.4 Å². The van der Waals surface area contributed by atoms with Gasteiger partial charge in [-0.25, -0.2) is 9.37 Å². The lowest BCUT2D eigenvalue weighted by atomic mass is 9.92. The van der Waals surface area contributed by atoms with Crippen LogP contribution in [0.1, 0.15) is 63.6 Å². The zero-order chi connectivity index (χ0) is 22.4. The summed E-state index contributed by atoms with van der Waals surface area (Å²) in [6.07, 6.45) is 1.70. The maximum absolute atomic E-state index is 15.6. The molecule has 0 N–H and O–H groups in total. The van der Waals surface area contributed by atoms with Crippen LogP contribution in [0.4, 0.5) is 4.39 Å². The predicted molar refractivity (Wildman–Crippen MR) is 132 cm³/mol. The van der Waals surface area contributed by atoms with Crippen molar-refractivity contribution in [3.05, 3.63) is 77.7 Å². The predicted octanol–water partition coefficient (Wildman–Crippen LogP) is 8.97. The smallest absolute Gasteiger partial charge is 0.152 e. The summed E-state index contributed by atoms with van der Waals surface area (Å²) in [5.41, 5.74) is 5.19. The number of hydrogen-bond donors (Lipinski definition) is 0. The van der Waals surface area contributed by atoms with Crippen molar-refractivity contribution in [2.75, 3.05) is 0 Å². The van der Waals surface area contributed by atoms with Crippen molar-refractivity contribution >= 4 is 32.7 Å². The highest BCUT2D eigenvalue weighted by molar-refractivity contribution is 6.12. The maximum atomic E-state index is 15.6. The Labute approximate surface area is 188 Å². The molecule has 162 valence electrons. The minimum Gasteiger partial charge on any atom is -0.455 e. The van der Waals surface area contributed by atoms with Crippen LogP contribution >= 0.6 is 0 Å². The number of para-hydroxylation sites is 1. The van der Waals surface area contributed by atoms with E-state index in [1.165, 1.54) is 5.56 Å². The first kappa shape index (κ1) is 20.7. The lowest BCUT2D eigenvalue weighted by Gasteiger charge is -2.18. The molecule has 0 fully saturated rings. The second-order valence-corrected chi connectivity index (χ2v) is 8.92. The summed E-state index contributed by atoms with van der Waals surface area (Å²) in [4.78, 5) is 5.00. The molecule has 2 aromatic heterocycles. The van der Waals surface area contributed by atoms with Gasteiger partial charge in [0.2, 0.25) is 0 Å². The highest BCUT2D eigenvalue weighted by atomic mass is 19.1. The molecular weight excluding hydrogens is 397 g/mol. The SMILES string of the molecule is CCC(CC)c1nc(-c2cc(C(C)C)cc3c2oc2ccccc23)c2ccccc2c1F. The van der Waals surface area contributed by atoms with Gasteiger partial charge in [0.1, 0.15) is 11.2 Å². The lowest BCUT2D eigenvalue weighted by molar-refractivity contribution is 0.549. The van der Waals surface area contributed by atoms with Gasteiger partial charge in [-0.05, 0) is 42.5 Å². The van der Waals surface area contributed by atoms with Crippen LogP contribution in [0.25, 0.3) is 44.0 Å². The van der Waals surface area contributed by atoms with E-state index < -0.39 is 0 Å². The van der Waals surface area contributed by atoms with Crippen molar-refractivity contribution in [1.29, 1.82) is 0 Å². The number of pyridine rings is 1. The molecule has 0 bridgehead atoms. The highest BCUT2D eigenvalue weighted by Crippen LogP contribution is 2.41. The van der Waals surface area contributed by atoms with E-state index in [4.69, 9.17) is 9.40 Å². The number of fused-ring (bicyclic) bond motifs is 4. The first-order valence-corrected chi connectivity index (χ1v) is 11.6. The molecule has 2 heterocycles. The second-order valence-electron chi connectivity index (χ2n) is 8.92. The summed E-state index contributed by atoms with van der Waals surface area (Å²) < 4.78 is 22.0. The molecule has 0 spiro atoms.